The summed E-state index contributed by atoms with van der Waals surface area (Å²) < 4.78 is 0. The molecule has 0 aliphatic heterocycles. The molecule has 1 saturated carbocycles. The van der Waals surface area contributed by atoms with Crippen LogP contribution in [0, 0.1) is 5.92 Å². The third-order valence-corrected chi connectivity index (χ3v) is 3.21. The highest BCUT2D eigenvalue weighted by Gasteiger charge is 2.23. The summed E-state index contributed by atoms with van der Waals surface area (Å²) >= 11 is 0. The van der Waals surface area contributed by atoms with Gasteiger partial charge in [-0.3, -0.25) is 14.4 Å². The summed E-state index contributed by atoms with van der Waals surface area (Å²) in [6.45, 7) is -0.785. The van der Waals surface area contributed by atoms with E-state index in [1.165, 1.54) is 6.42 Å². The summed E-state index contributed by atoms with van der Waals surface area (Å²) in [4.78, 5) is 34.4. The lowest BCUT2D eigenvalue weighted by Crippen LogP contribution is -2.42. The van der Waals surface area contributed by atoms with Crippen molar-refractivity contribution < 1.29 is 19.5 Å². The Balaban J connectivity index is 2.51. The van der Waals surface area contributed by atoms with Gasteiger partial charge < -0.3 is 15.7 Å². The van der Waals surface area contributed by atoms with Crippen molar-refractivity contribution in [3.8, 4) is 0 Å². The largest absolute Gasteiger partial charge is 0.480 e. The monoisotopic (exact) mass is 256 g/mol. The Morgan fingerprint density at radius 3 is 2.22 bits per heavy atom. The van der Waals surface area contributed by atoms with E-state index >= 15 is 0 Å². The van der Waals surface area contributed by atoms with E-state index in [1.807, 2.05) is 0 Å². The lowest BCUT2D eigenvalue weighted by atomic mass is 9.86. The first-order valence-electron chi connectivity index (χ1n) is 6.27. The molecule has 102 valence electrons. The number of rotatable bonds is 6. The summed E-state index contributed by atoms with van der Waals surface area (Å²) in [6.07, 6.45) is 5.76. The van der Waals surface area contributed by atoms with E-state index in [0.29, 0.717) is 12.3 Å². The fraction of sp³-hybridized carbons (Fsp3) is 0.750. The van der Waals surface area contributed by atoms with Crippen LogP contribution < -0.4 is 5.73 Å². The number of carboxylic acids is 1. The first-order valence-corrected chi connectivity index (χ1v) is 6.27. The molecule has 0 aromatic rings. The summed E-state index contributed by atoms with van der Waals surface area (Å²) in [6, 6.07) is 0. The number of hydrogen-bond donors (Lipinski definition) is 2. The first-order chi connectivity index (χ1) is 8.49. The quantitative estimate of drug-likeness (QED) is 0.716. The van der Waals surface area contributed by atoms with Crippen LogP contribution in [-0.2, 0) is 14.4 Å². The molecule has 0 atom stereocenters. The van der Waals surface area contributed by atoms with Crippen LogP contribution in [0.25, 0.3) is 0 Å². The highest BCUT2D eigenvalue weighted by Crippen LogP contribution is 2.26. The van der Waals surface area contributed by atoms with Crippen molar-refractivity contribution in [3.05, 3.63) is 0 Å². The summed E-state index contributed by atoms with van der Waals surface area (Å²) in [7, 11) is 0. The van der Waals surface area contributed by atoms with Crippen molar-refractivity contribution in [3.63, 3.8) is 0 Å². The van der Waals surface area contributed by atoms with Gasteiger partial charge in [-0.05, 0) is 18.8 Å². The number of hydrogen-bond acceptors (Lipinski definition) is 3. The number of aliphatic carboxylic acids is 1. The molecular weight excluding hydrogens is 236 g/mol. The van der Waals surface area contributed by atoms with E-state index in [4.69, 9.17) is 10.8 Å². The zero-order valence-electron chi connectivity index (χ0n) is 10.4. The Hall–Kier alpha value is -1.59. The topological polar surface area (TPSA) is 101 Å². The van der Waals surface area contributed by atoms with Crippen molar-refractivity contribution in [2.75, 3.05) is 13.1 Å². The summed E-state index contributed by atoms with van der Waals surface area (Å²) in [5.74, 6) is -1.79. The Labute approximate surface area is 106 Å². The molecular formula is C12H20N2O4. The minimum atomic E-state index is -1.13. The van der Waals surface area contributed by atoms with Gasteiger partial charge in [-0.2, -0.15) is 0 Å². The molecule has 2 amide bonds. The third kappa shape index (κ3) is 5.16. The second-order valence-corrected chi connectivity index (χ2v) is 4.82. The molecule has 18 heavy (non-hydrogen) atoms. The third-order valence-electron chi connectivity index (χ3n) is 3.21. The van der Waals surface area contributed by atoms with E-state index in [2.05, 4.69) is 0 Å². The number of carboxylic acid groups (broad SMARTS) is 1. The van der Waals surface area contributed by atoms with Crippen LogP contribution >= 0.6 is 0 Å². The molecule has 1 aliphatic carbocycles. The minimum absolute atomic E-state index is 0.289. The lowest BCUT2D eigenvalue weighted by Gasteiger charge is -2.25. The van der Waals surface area contributed by atoms with E-state index in [0.717, 1.165) is 30.6 Å². The maximum Gasteiger partial charge on any atom is 0.323 e. The zero-order valence-corrected chi connectivity index (χ0v) is 10.4. The normalized spacial score (nSPS) is 16.2. The lowest BCUT2D eigenvalue weighted by molar-refractivity contribution is -0.146. The van der Waals surface area contributed by atoms with Gasteiger partial charge >= 0.3 is 5.97 Å². The molecule has 0 unspecified atom stereocenters. The maximum absolute atomic E-state index is 11.9. The Morgan fingerprint density at radius 2 is 1.72 bits per heavy atom. The zero-order chi connectivity index (χ0) is 13.5. The van der Waals surface area contributed by atoms with Crippen LogP contribution in [0.2, 0.25) is 0 Å². The van der Waals surface area contributed by atoms with E-state index < -0.39 is 18.4 Å². The molecule has 1 aliphatic rings. The molecule has 6 heteroatoms. The minimum Gasteiger partial charge on any atom is -0.480 e. The van der Waals surface area contributed by atoms with Crippen LogP contribution in [0.3, 0.4) is 0 Å². The van der Waals surface area contributed by atoms with Crippen molar-refractivity contribution in [1.82, 2.24) is 4.90 Å². The van der Waals surface area contributed by atoms with E-state index in [-0.39, 0.29) is 12.5 Å². The molecule has 0 heterocycles. The molecule has 0 radical (unpaired) electrons. The van der Waals surface area contributed by atoms with Gasteiger partial charge in [-0.15, -0.1) is 0 Å². The summed E-state index contributed by atoms with van der Waals surface area (Å²) in [5.41, 5.74) is 5.01. The number of nitrogens with zero attached hydrogens (tertiary/aromatic N) is 1. The van der Waals surface area contributed by atoms with Crippen LogP contribution in [0.1, 0.15) is 38.5 Å². The SMILES string of the molecule is NC(=O)CN(CC(=O)O)C(=O)CC1CCCCC1. The number of amides is 2. The van der Waals surface area contributed by atoms with Crippen LogP contribution in [0.4, 0.5) is 0 Å². The van der Waals surface area contributed by atoms with Crippen LogP contribution in [0.5, 0.6) is 0 Å². The standard InChI is InChI=1S/C12H20N2O4/c13-10(15)7-14(8-12(17)18)11(16)6-9-4-2-1-3-5-9/h9H,1-8H2,(H2,13,15)(H,17,18). The Kier molecular flexibility index (Phi) is 5.61. The molecule has 0 aromatic carbocycles. The van der Waals surface area contributed by atoms with Crippen LogP contribution in [-0.4, -0.2) is 40.9 Å². The molecule has 0 aromatic heterocycles. The second-order valence-electron chi connectivity index (χ2n) is 4.82. The maximum atomic E-state index is 11.9. The Morgan fingerprint density at radius 1 is 1.11 bits per heavy atom. The van der Waals surface area contributed by atoms with Crippen molar-refractivity contribution in [1.29, 1.82) is 0 Å². The second kappa shape index (κ2) is 6.98. The fourth-order valence-electron chi connectivity index (χ4n) is 2.35. The van der Waals surface area contributed by atoms with E-state index in [1.54, 1.807) is 0 Å². The first kappa shape index (κ1) is 14.5. The van der Waals surface area contributed by atoms with Crippen molar-refractivity contribution in [2.45, 2.75) is 38.5 Å². The number of nitrogens with two attached hydrogens (primary N) is 1. The van der Waals surface area contributed by atoms with Gasteiger partial charge in [0.2, 0.25) is 11.8 Å². The van der Waals surface area contributed by atoms with Crippen molar-refractivity contribution >= 4 is 17.8 Å². The van der Waals surface area contributed by atoms with Gasteiger partial charge in [0.05, 0.1) is 6.54 Å². The van der Waals surface area contributed by atoms with Gasteiger partial charge in [-0.25, -0.2) is 0 Å². The van der Waals surface area contributed by atoms with Gasteiger partial charge in [0.15, 0.2) is 0 Å². The Bertz CT molecular complexity index is 308. The van der Waals surface area contributed by atoms with Crippen LogP contribution in [0.15, 0.2) is 0 Å². The predicted octanol–water partition coefficient (Wildman–Crippen LogP) is 0.355. The molecule has 0 spiro atoms. The fourth-order valence-corrected chi connectivity index (χ4v) is 2.35. The van der Waals surface area contributed by atoms with Gasteiger partial charge in [0.25, 0.3) is 0 Å². The molecule has 3 N–H and O–H groups in total. The number of primary amides is 1. The van der Waals surface area contributed by atoms with Crippen molar-refractivity contribution in [2.24, 2.45) is 11.7 Å². The van der Waals surface area contributed by atoms with Gasteiger partial charge in [-0.1, -0.05) is 19.3 Å². The molecule has 1 fully saturated rings. The smallest absolute Gasteiger partial charge is 0.323 e. The number of carbonyl (C=O) groups is 3. The summed E-state index contributed by atoms with van der Waals surface area (Å²) in [5, 5.41) is 8.71. The van der Waals surface area contributed by atoms with Gasteiger partial charge in [0, 0.05) is 6.42 Å². The highest BCUT2D eigenvalue weighted by atomic mass is 16.4. The van der Waals surface area contributed by atoms with E-state index in [9.17, 15) is 14.4 Å². The average Bonchev–Trinajstić information content (AvgIpc) is 2.28. The molecule has 0 saturated heterocycles. The van der Waals surface area contributed by atoms with Gasteiger partial charge in [0.1, 0.15) is 6.54 Å². The predicted molar refractivity (Wildman–Crippen MR) is 64.6 cm³/mol. The molecule has 6 nitrogen and oxygen atoms in total. The molecule has 1 rings (SSSR count). The average molecular weight is 256 g/mol. The number of carbonyl (C=O) groups excluding carboxylic acids is 2. The highest BCUT2D eigenvalue weighted by molar-refractivity contribution is 5.86. The molecule has 0 bridgehead atoms.